The summed E-state index contributed by atoms with van der Waals surface area (Å²) in [4.78, 5) is 16.3. The number of aromatic nitrogens is 3. The smallest absolute Gasteiger partial charge is 0.343 e. The number of rotatable bonds is 4. The van der Waals surface area contributed by atoms with Gasteiger partial charge in [-0.1, -0.05) is 24.3 Å². The Bertz CT molecular complexity index is 853. The Morgan fingerprint density at radius 2 is 1.75 bits per heavy atom. The third-order valence-corrected chi connectivity index (χ3v) is 4.07. The minimum atomic E-state index is -0.348. The Kier molecular flexibility index (Phi) is 4.42. The fraction of sp³-hybridized carbons (Fsp3) is 0.211. The van der Waals surface area contributed by atoms with Crippen molar-refractivity contribution in [3.63, 3.8) is 0 Å². The van der Waals surface area contributed by atoms with Crippen molar-refractivity contribution in [1.29, 1.82) is 0 Å². The van der Waals surface area contributed by atoms with Gasteiger partial charge in [-0.2, -0.15) is 5.10 Å². The highest BCUT2D eigenvalue weighted by Crippen LogP contribution is 2.26. The molecule has 0 N–H and O–H groups in total. The first kappa shape index (κ1) is 15.9. The molecule has 0 aliphatic carbocycles. The van der Waals surface area contributed by atoms with E-state index in [0.717, 1.165) is 22.3 Å². The molecule has 0 spiro atoms. The average molecular weight is 321 g/mol. The van der Waals surface area contributed by atoms with Gasteiger partial charge in [0.15, 0.2) is 0 Å². The molecule has 0 aliphatic heterocycles. The van der Waals surface area contributed by atoms with E-state index in [4.69, 9.17) is 4.74 Å². The number of hydrogen-bond acceptors (Lipinski definition) is 4. The van der Waals surface area contributed by atoms with Crippen molar-refractivity contribution >= 4 is 5.97 Å². The lowest BCUT2D eigenvalue weighted by Crippen LogP contribution is -2.11. The van der Waals surface area contributed by atoms with E-state index >= 15 is 0 Å². The number of esters is 1. The van der Waals surface area contributed by atoms with Gasteiger partial charge >= 0.3 is 5.97 Å². The first-order valence-corrected chi connectivity index (χ1v) is 7.75. The van der Waals surface area contributed by atoms with Crippen LogP contribution in [0.5, 0.6) is 5.75 Å². The van der Waals surface area contributed by atoms with E-state index < -0.39 is 0 Å². The number of aryl methyl sites for hydroxylation is 2. The molecule has 3 aromatic rings. The van der Waals surface area contributed by atoms with Crippen LogP contribution in [0.25, 0.3) is 0 Å². The summed E-state index contributed by atoms with van der Waals surface area (Å²) in [7, 11) is 0. The van der Waals surface area contributed by atoms with Crippen LogP contribution in [0.1, 0.15) is 32.6 Å². The number of ether oxygens (including phenoxy) is 1. The van der Waals surface area contributed by atoms with Crippen LogP contribution < -0.4 is 4.74 Å². The lowest BCUT2D eigenvalue weighted by molar-refractivity contribution is 0.0732. The van der Waals surface area contributed by atoms with E-state index in [0.29, 0.717) is 17.9 Å². The third-order valence-electron chi connectivity index (χ3n) is 4.07. The van der Waals surface area contributed by atoms with Gasteiger partial charge in [-0.25, -0.2) is 14.5 Å². The van der Waals surface area contributed by atoms with E-state index in [2.05, 4.69) is 10.1 Å². The fourth-order valence-electron chi connectivity index (χ4n) is 2.48. The molecule has 0 unspecified atom stereocenters. The first-order chi connectivity index (χ1) is 11.5. The zero-order chi connectivity index (χ0) is 17.1. The van der Waals surface area contributed by atoms with Crippen LogP contribution in [0.15, 0.2) is 49.1 Å². The zero-order valence-electron chi connectivity index (χ0n) is 14.0. The Morgan fingerprint density at radius 1 is 1.04 bits per heavy atom. The normalized spacial score (nSPS) is 10.6. The number of hydrogen-bond donors (Lipinski definition) is 0. The van der Waals surface area contributed by atoms with Gasteiger partial charge in [0.2, 0.25) is 0 Å². The summed E-state index contributed by atoms with van der Waals surface area (Å²) < 4.78 is 7.35. The Balaban J connectivity index is 1.75. The summed E-state index contributed by atoms with van der Waals surface area (Å²) in [5.74, 6) is 0.297. The summed E-state index contributed by atoms with van der Waals surface area (Å²) >= 11 is 0. The maximum atomic E-state index is 12.4. The van der Waals surface area contributed by atoms with E-state index in [-0.39, 0.29) is 5.97 Å². The van der Waals surface area contributed by atoms with E-state index in [9.17, 15) is 4.79 Å². The van der Waals surface area contributed by atoms with Gasteiger partial charge < -0.3 is 4.74 Å². The second-order valence-corrected chi connectivity index (χ2v) is 5.83. The second kappa shape index (κ2) is 6.66. The standard InChI is InChI=1S/C19H19N3O2/c1-13-4-5-14(2)18(15(13)3)24-19(23)17-8-6-16(7-9-17)10-22-12-20-11-21-22/h4-9,11-12H,10H2,1-3H3. The van der Waals surface area contributed by atoms with Crippen LogP contribution in [0.2, 0.25) is 0 Å². The molecule has 0 fully saturated rings. The second-order valence-electron chi connectivity index (χ2n) is 5.83. The molecule has 0 saturated heterocycles. The molecular weight excluding hydrogens is 302 g/mol. The van der Waals surface area contributed by atoms with E-state index in [1.54, 1.807) is 23.1 Å². The van der Waals surface area contributed by atoms with Gasteiger partial charge in [0.25, 0.3) is 0 Å². The van der Waals surface area contributed by atoms with Crippen LogP contribution in [-0.4, -0.2) is 20.7 Å². The molecule has 0 amide bonds. The van der Waals surface area contributed by atoms with Crippen LogP contribution in [-0.2, 0) is 6.54 Å². The molecule has 2 aromatic carbocycles. The van der Waals surface area contributed by atoms with Crippen LogP contribution in [0, 0.1) is 20.8 Å². The summed E-state index contributed by atoms with van der Waals surface area (Å²) in [6.07, 6.45) is 3.16. The number of nitrogens with zero attached hydrogens (tertiary/aromatic N) is 3. The maximum Gasteiger partial charge on any atom is 0.343 e. The molecular formula is C19H19N3O2. The molecule has 0 saturated carbocycles. The Morgan fingerprint density at radius 3 is 2.42 bits per heavy atom. The molecule has 1 aromatic heterocycles. The highest BCUT2D eigenvalue weighted by atomic mass is 16.5. The molecule has 24 heavy (non-hydrogen) atoms. The zero-order valence-corrected chi connectivity index (χ0v) is 14.0. The first-order valence-electron chi connectivity index (χ1n) is 7.75. The van der Waals surface area contributed by atoms with Crippen LogP contribution in [0.3, 0.4) is 0 Å². The highest BCUT2D eigenvalue weighted by Gasteiger charge is 2.13. The topological polar surface area (TPSA) is 57.0 Å². The lowest BCUT2D eigenvalue weighted by Gasteiger charge is -2.12. The molecule has 1 heterocycles. The van der Waals surface area contributed by atoms with Gasteiger partial charge in [-0.3, -0.25) is 0 Å². The predicted molar refractivity (Wildman–Crippen MR) is 91.2 cm³/mol. The van der Waals surface area contributed by atoms with Gasteiger partial charge in [0, 0.05) is 0 Å². The van der Waals surface area contributed by atoms with Gasteiger partial charge in [0.05, 0.1) is 12.1 Å². The summed E-state index contributed by atoms with van der Waals surface area (Å²) in [5.41, 5.74) is 4.62. The monoisotopic (exact) mass is 321 g/mol. The van der Waals surface area contributed by atoms with Crippen LogP contribution in [0.4, 0.5) is 0 Å². The predicted octanol–water partition coefficient (Wildman–Crippen LogP) is 3.47. The summed E-state index contributed by atoms with van der Waals surface area (Å²) in [5, 5.41) is 4.07. The van der Waals surface area contributed by atoms with Crippen molar-refractivity contribution in [3.05, 3.63) is 76.9 Å². The van der Waals surface area contributed by atoms with E-state index in [1.807, 2.05) is 45.0 Å². The quantitative estimate of drug-likeness (QED) is 0.545. The van der Waals surface area contributed by atoms with E-state index in [1.165, 1.54) is 6.33 Å². The third kappa shape index (κ3) is 3.35. The van der Waals surface area contributed by atoms with Crippen molar-refractivity contribution < 1.29 is 9.53 Å². The van der Waals surface area contributed by atoms with Crippen molar-refractivity contribution in [3.8, 4) is 5.75 Å². The lowest BCUT2D eigenvalue weighted by atomic mass is 10.1. The molecule has 5 heteroatoms. The SMILES string of the molecule is Cc1ccc(C)c(OC(=O)c2ccc(Cn3cncn3)cc2)c1C. The fourth-order valence-corrected chi connectivity index (χ4v) is 2.48. The van der Waals surface area contributed by atoms with Crippen molar-refractivity contribution in [2.24, 2.45) is 0 Å². The summed E-state index contributed by atoms with van der Waals surface area (Å²) in [6.45, 7) is 6.53. The van der Waals surface area contributed by atoms with Gasteiger partial charge in [0.1, 0.15) is 18.4 Å². The molecule has 122 valence electrons. The number of carbonyl (C=O) groups excluding carboxylic acids is 1. The van der Waals surface area contributed by atoms with Gasteiger partial charge in [-0.05, 0) is 55.2 Å². The molecule has 5 nitrogen and oxygen atoms in total. The minimum absolute atomic E-state index is 0.348. The molecule has 0 atom stereocenters. The molecule has 0 radical (unpaired) electrons. The largest absolute Gasteiger partial charge is 0.422 e. The van der Waals surface area contributed by atoms with Crippen molar-refractivity contribution in [2.75, 3.05) is 0 Å². The van der Waals surface area contributed by atoms with Gasteiger partial charge in [-0.15, -0.1) is 0 Å². The number of benzene rings is 2. The number of carbonyl (C=O) groups is 1. The summed E-state index contributed by atoms with van der Waals surface area (Å²) in [6, 6.07) is 11.3. The average Bonchev–Trinajstić information content (AvgIpc) is 3.08. The minimum Gasteiger partial charge on any atom is -0.422 e. The molecule has 0 aliphatic rings. The van der Waals surface area contributed by atoms with Crippen molar-refractivity contribution in [2.45, 2.75) is 27.3 Å². The Hall–Kier alpha value is -2.95. The van der Waals surface area contributed by atoms with Crippen molar-refractivity contribution in [1.82, 2.24) is 14.8 Å². The molecule has 0 bridgehead atoms. The Labute approximate surface area is 140 Å². The highest BCUT2D eigenvalue weighted by molar-refractivity contribution is 5.91. The molecule has 3 rings (SSSR count). The van der Waals surface area contributed by atoms with Crippen LogP contribution >= 0.6 is 0 Å². The maximum absolute atomic E-state index is 12.4.